The van der Waals surface area contributed by atoms with Gasteiger partial charge in [-0.3, -0.25) is 4.79 Å². The number of carbonyl (C=O) groups is 1. The predicted octanol–water partition coefficient (Wildman–Crippen LogP) is 7.52. The molecule has 2 N–H and O–H groups in total. The third kappa shape index (κ3) is 8.34. The fourth-order valence-corrected chi connectivity index (χ4v) is 4.86. The minimum absolute atomic E-state index is 0.0181. The molecule has 3 atom stereocenters. The molecule has 38 heavy (non-hydrogen) atoms. The molecule has 1 aromatic heterocycles. The first-order valence-corrected chi connectivity index (χ1v) is 13.7. The number of pyridine rings is 1. The molecular formula is C28H27Cl2F2IN4O. The lowest BCUT2D eigenvalue weighted by Crippen LogP contribution is -2.51. The molecule has 0 bridgehead atoms. The lowest BCUT2D eigenvalue weighted by atomic mass is 9.84. The Hall–Kier alpha value is -2.32. The van der Waals surface area contributed by atoms with Crippen LogP contribution in [0, 0.1) is 32.0 Å². The summed E-state index contributed by atoms with van der Waals surface area (Å²) in [4.78, 5) is 17.8. The summed E-state index contributed by atoms with van der Waals surface area (Å²) in [6, 6.07) is 12.6. The van der Waals surface area contributed by atoms with Gasteiger partial charge in [-0.2, -0.15) is 5.26 Å². The van der Waals surface area contributed by atoms with Crippen LogP contribution in [0.2, 0.25) is 10.0 Å². The fraction of sp³-hybridized carbons (Fsp3) is 0.321. The molecule has 0 aliphatic heterocycles. The van der Waals surface area contributed by atoms with Gasteiger partial charge >= 0.3 is 0 Å². The van der Waals surface area contributed by atoms with Crippen LogP contribution >= 0.6 is 45.8 Å². The molecule has 0 aliphatic rings. The number of nitriles is 1. The van der Waals surface area contributed by atoms with Gasteiger partial charge in [0.25, 0.3) is 0 Å². The average molecular weight is 671 g/mol. The Bertz CT molecular complexity index is 1330. The summed E-state index contributed by atoms with van der Waals surface area (Å²) in [5, 5.41) is 16.3. The van der Waals surface area contributed by atoms with E-state index in [1.165, 1.54) is 24.3 Å². The third-order valence-electron chi connectivity index (χ3n) is 5.81. The van der Waals surface area contributed by atoms with Crippen molar-refractivity contribution in [2.45, 2.75) is 51.6 Å². The second-order valence-electron chi connectivity index (χ2n) is 10.1. The van der Waals surface area contributed by atoms with E-state index in [1.807, 2.05) is 20.8 Å². The van der Waals surface area contributed by atoms with Crippen LogP contribution in [0.3, 0.4) is 0 Å². The molecule has 0 radical (unpaired) electrons. The zero-order valence-electron chi connectivity index (χ0n) is 21.0. The van der Waals surface area contributed by atoms with E-state index in [1.54, 1.807) is 30.5 Å². The number of aromatic nitrogens is 1. The van der Waals surface area contributed by atoms with Crippen LogP contribution in [0.4, 0.5) is 14.6 Å². The number of rotatable bonds is 9. The normalized spacial score (nSPS) is 13.9. The second kappa shape index (κ2) is 13.2. The number of hydrogen-bond acceptors (Lipinski definition) is 4. The van der Waals surface area contributed by atoms with E-state index in [0.717, 1.165) is 3.57 Å². The molecule has 0 unspecified atom stereocenters. The van der Waals surface area contributed by atoms with Crippen molar-refractivity contribution in [3.8, 4) is 6.07 Å². The molecule has 0 aliphatic carbocycles. The highest BCUT2D eigenvalue weighted by Gasteiger charge is 2.35. The van der Waals surface area contributed by atoms with Gasteiger partial charge in [-0.25, -0.2) is 13.8 Å². The lowest BCUT2D eigenvalue weighted by Gasteiger charge is -2.32. The zero-order chi connectivity index (χ0) is 28.0. The van der Waals surface area contributed by atoms with Gasteiger partial charge in [0.05, 0.1) is 17.0 Å². The van der Waals surface area contributed by atoms with Crippen molar-refractivity contribution in [3.05, 3.63) is 91.1 Å². The summed E-state index contributed by atoms with van der Waals surface area (Å²) < 4.78 is 30.7. The van der Waals surface area contributed by atoms with Crippen molar-refractivity contribution in [2.24, 2.45) is 5.41 Å². The highest BCUT2D eigenvalue weighted by atomic mass is 127. The zero-order valence-corrected chi connectivity index (χ0v) is 24.7. The SMILES string of the molecule is CC(C)(C)C[C@@H](Cc1ccc(Cl)cc1F)N[C@@H](C(=O)Nc1ccc(I)cn1)[C@@H](C#N)c1cccc(Cl)c1F. The van der Waals surface area contributed by atoms with E-state index in [9.17, 15) is 14.4 Å². The predicted molar refractivity (Wildman–Crippen MR) is 155 cm³/mol. The van der Waals surface area contributed by atoms with Crippen LogP contribution in [-0.2, 0) is 11.2 Å². The number of amides is 1. The fourth-order valence-electron chi connectivity index (χ4n) is 4.20. The Balaban J connectivity index is 2.03. The van der Waals surface area contributed by atoms with Gasteiger partial charge in [0.2, 0.25) is 5.91 Å². The number of anilines is 1. The van der Waals surface area contributed by atoms with E-state index in [-0.39, 0.29) is 33.3 Å². The molecule has 10 heteroatoms. The van der Waals surface area contributed by atoms with Crippen LogP contribution in [0.1, 0.15) is 44.2 Å². The number of halogens is 5. The summed E-state index contributed by atoms with van der Waals surface area (Å²) >= 11 is 14.0. The van der Waals surface area contributed by atoms with Crippen LogP contribution < -0.4 is 10.6 Å². The molecule has 0 saturated heterocycles. The molecule has 0 spiro atoms. The molecule has 3 aromatic rings. The Morgan fingerprint density at radius 2 is 1.89 bits per heavy atom. The Labute approximate surface area is 245 Å². The molecule has 200 valence electrons. The first-order chi connectivity index (χ1) is 17.9. The van der Waals surface area contributed by atoms with Crippen molar-refractivity contribution in [3.63, 3.8) is 0 Å². The molecule has 3 rings (SSSR count). The Morgan fingerprint density at radius 3 is 2.50 bits per heavy atom. The van der Waals surface area contributed by atoms with Crippen LogP contribution in [0.25, 0.3) is 0 Å². The van der Waals surface area contributed by atoms with E-state index in [0.29, 0.717) is 12.0 Å². The van der Waals surface area contributed by atoms with Gasteiger partial charge in [0, 0.05) is 26.4 Å². The highest BCUT2D eigenvalue weighted by Crippen LogP contribution is 2.30. The molecule has 0 saturated carbocycles. The summed E-state index contributed by atoms with van der Waals surface area (Å²) in [6.07, 6.45) is 2.32. The van der Waals surface area contributed by atoms with Crippen molar-refractivity contribution in [2.75, 3.05) is 5.32 Å². The second-order valence-corrected chi connectivity index (χ2v) is 12.2. The molecule has 2 aromatic carbocycles. The minimum Gasteiger partial charge on any atom is -0.309 e. The average Bonchev–Trinajstić information content (AvgIpc) is 2.83. The summed E-state index contributed by atoms with van der Waals surface area (Å²) in [5.74, 6) is -2.79. The van der Waals surface area contributed by atoms with Crippen LogP contribution in [0.5, 0.6) is 0 Å². The maximum atomic E-state index is 15.1. The standard InChI is InChI=1S/C28H27Cl2F2IN4O/c1-28(2,3)13-19(11-16-7-8-17(29)12-23(16)31)36-26(27(38)37-24-10-9-18(33)15-35-24)21(14-34)20-5-4-6-22(30)25(20)32/h4-10,12,15,19,21,26,36H,11,13H2,1-3H3,(H,35,37,38)/t19-,21+,26-/m1/s1. The molecule has 1 heterocycles. The quantitative estimate of drug-likeness (QED) is 0.231. The minimum atomic E-state index is -1.24. The number of nitrogens with one attached hydrogen (secondary N) is 2. The number of benzene rings is 2. The molecule has 1 amide bonds. The third-order valence-corrected chi connectivity index (χ3v) is 6.97. The van der Waals surface area contributed by atoms with E-state index < -0.39 is 35.5 Å². The van der Waals surface area contributed by atoms with Crippen LogP contribution in [-0.4, -0.2) is 23.0 Å². The van der Waals surface area contributed by atoms with Gasteiger partial charge in [-0.1, -0.05) is 62.2 Å². The Kier molecular flexibility index (Phi) is 10.5. The lowest BCUT2D eigenvalue weighted by molar-refractivity contribution is -0.118. The summed E-state index contributed by atoms with van der Waals surface area (Å²) in [7, 11) is 0. The van der Waals surface area contributed by atoms with Gasteiger partial charge in [0.15, 0.2) is 0 Å². The van der Waals surface area contributed by atoms with E-state index in [2.05, 4.69) is 44.3 Å². The van der Waals surface area contributed by atoms with Crippen LogP contribution in [0.15, 0.2) is 54.7 Å². The van der Waals surface area contributed by atoms with Crippen molar-refractivity contribution in [1.82, 2.24) is 10.3 Å². The highest BCUT2D eigenvalue weighted by molar-refractivity contribution is 14.1. The van der Waals surface area contributed by atoms with Crippen molar-refractivity contribution < 1.29 is 13.6 Å². The first kappa shape index (κ1) is 30.2. The molecular weight excluding hydrogens is 644 g/mol. The van der Waals surface area contributed by atoms with Crippen molar-refractivity contribution >= 4 is 57.5 Å². The summed E-state index contributed by atoms with van der Waals surface area (Å²) in [6.45, 7) is 6.05. The van der Waals surface area contributed by atoms with Gasteiger partial charge in [-0.15, -0.1) is 0 Å². The smallest absolute Gasteiger partial charge is 0.244 e. The van der Waals surface area contributed by atoms with Crippen molar-refractivity contribution in [1.29, 1.82) is 5.26 Å². The number of hydrogen-bond donors (Lipinski definition) is 2. The maximum Gasteiger partial charge on any atom is 0.244 e. The topological polar surface area (TPSA) is 77.8 Å². The maximum absolute atomic E-state index is 15.1. The number of carbonyl (C=O) groups excluding carboxylic acids is 1. The van der Waals surface area contributed by atoms with Gasteiger partial charge in [-0.05, 0) is 76.7 Å². The van der Waals surface area contributed by atoms with E-state index >= 15 is 4.39 Å². The number of nitrogens with zero attached hydrogens (tertiary/aromatic N) is 2. The van der Waals surface area contributed by atoms with Gasteiger partial charge in [0.1, 0.15) is 23.5 Å². The van der Waals surface area contributed by atoms with E-state index in [4.69, 9.17) is 23.2 Å². The largest absolute Gasteiger partial charge is 0.309 e. The van der Waals surface area contributed by atoms with Gasteiger partial charge < -0.3 is 10.6 Å². The molecule has 5 nitrogen and oxygen atoms in total. The summed E-state index contributed by atoms with van der Waals surface area (Å²) in [5.41, 5.74) is 0.162. The monoisotopic (exact) mass is 670 g/mol. The molecule has 0 fully saturated rings. The first-order valence-electron chi connectivity index (χ1n) is 11.8. The Morgan fingerprint density at radius 1 is 1.16 bits per heavy atom.